The van der Waals surface area contributed by atoms with Gasteiger partial charge >= 0.3 is 0 Å². The Morgan fingerprint density at radius 1 is 1.42 bits per heavy atom. The van der Waals surface area contributed by atoms with Crippen LogP contribution in [-0.2, 0) is 0 Å². The summed E-state index contributed by atoms with van der Waals surface area (Å²) in [5.74, 6) is 0. The van der Waals surface area contributed by atoms with Crippen molar-refractivity contribution in [3.05, 3.63) is 0 Å². The summed E-state index contributed by atoms with van der Waals surface area (Å²) in [6.07, 6.45) is 5.29. The molecule has 0 amide bonds. The second-order valence-corrected chi connectivity index (χ2v) is 4.36. The maximum atomic E-state index is 8.78. The minimum absolute atomic E-state index is 0.206. The van der Waals surface area contributed by atoms with E-state index in [0.717, 1.165) is 6.54 Å². The van der Waals surface area contributed by atoms with Crippen LogP contribution < -0.4 is 5.32 Å². The van der Waals surface area contributed by atoms with Crippen LogP contribution in [0.1, 0.15) is 39.5 Å². The minimum atomic E-state index is -0.206. The van der Waals surface area contributed by atoms with E-state index in [1.54, 1.807) is 0 Å². The van der Waals surface area contributed by atoms with E-state index in [4.69, 9.17) is 5.26 Å². The van der Waals surface area contributed by atoms with Crippen LogP contribution in [0.3, 0.4) is 0 Å². The molecular weight excluding hydrogens is 148 g/mol. The second-order valence-electron chi connectivity index (χ2n) is 4.36. The Balaban J connectivity index is 2.21. The second kappa shape index (κ2) is 3.91. The molecule has 2 heteroatoms. The maximum absolute atomic E-state index is 8.78. The van der Waals surface area contributed by atoms with Gasteiger partial charge in [-0.2, -0.15) is 5.26 Å². The highest BCUT2D eigenvalue weighted by molar-refractivity contribution is 4.94. The molecule has 1 N–H and O–H groups in total. The first-order chi connectivity index (χ1) is 5.64. The van der Waals surface area contributed by atoms with Crippen molar-refractivity contribution in [1.82, 2.24) is 5.32 Å². The molecule has 12 heavy (non-hydrogen) atoms. The first-order valence-electron chi connectivity index (χ1n) is 4.79. The third-order valence-electron chi connectivity index (χ3n) is 2.49. The molecule has 0 aliphatic heterocycles. The minimum Gasteiger partial charge on any atom is -0.312 e. The van der Waals surface area contributed by atoms with Gasteiger partial charge in [0.1, 0.15) is 0 Å². The van der Waals surface area contributed by atoms with Crippen molar-refractivity contribution < 1.29 is 0 Å². The molecule has 0 atom stereocenters. The Hall–Kier alpha value is -0.550. The van der Waals surface area contributed by atoms with E-state index in [2.05, 4.69) is 11.4 Å². The van der Waals surface area contributed by atoms with Crippen LogP contribution in [0.15, 0.2) is 0 Å². The summed E-state index contributed by atoms with van der Waals surface area (Å²) < 4.78 is 0. The largest absolute Gasteiger partial charge is 0.312 e. The number of hydrogen-bond acceptors (Lipinski definition) is 2. The van der Waals surface area contributed by atoms with Gasteiger partial charge in [-0.1, -0.05) is 12.8 Å². The van der Waals surface area contributed by atoms with E-state index in [-0.39, 0.29) is 5.41 Å². The summed E-state index contributed by atoms with van der Waals surface area (Å²) in [6, 6.07) is 2.98. The number of nitriles is 1. The average molecular weight is 166 g/mol. The molecule has 0 aromatic carbocycles. The van der Waals surface area contributed by atoms with Crippen LogP contribution in [0.2, 0.25) is 0 Å². The van der Waals surface area contributed by atoms with Gasteiger partial charge in [0.2, 0.25) is 0 Å². The number of nitrogens with one attached hydrogen (secondary N) is 1. The Labute approximate surface area is 75.0 Å². The van der Waals surface area contributed by atoms with Crippen molar-refractivity contribution in [3.63, 3.8) is 0 Å². The predicted molar refractivity (Wildman–Crippen MR) is 49.7 cm³/mol. The van der Waals surface area contributed by atoms with Crippen molar-refractivity contribution in [3.8, 4) is 6.07 Å². The van der Waals surface area contributed by atoms with E-state index in [1.165, 1.54) is 25.7 Å². The van der Waals surface area contributed by atoms with E-state index < -0.39 is 0 Å². The summed E-state index contributed by atoms with van der Waals surface area (Å²) in [5.41, 5.74) is -0.206. The van der Waals surface area contributed by atoms with Crippen LogP contribution in [0.4, 0.5) is 0 Å². The molecule has 1 saturated carbocycles. The molecular formula is C10H18N2. The Morgan fingerprint density at radius 2 is 2.00 bits per heavy atom. The van der Waals surface area contributed by atoms with E-state index in [0.29, 0.717) is 6.04 Å². The zero-order chi connectivity index (χ0) is 9.03. The molecule has 0 saturated heterocycles. The lowest BCUT2D eigenvalue weighted by Crippen LogP contribution is -2.34. The van der Waals surface area contributed by atoms with Gasteiger partial charge in [-0.05, 0) is 26.7 Å². The maximum Gasteiger partial charge on any atom is 0.0697 e. The first-order valence-corrected chi connectivity index (χ1v) is 4.79. The van der Waals surface area contributed by atoms with Crippen molar-refractivity contribution in [2.24, 2.45) is 5.41 Å². The molecule has 0 spiro atoms. The van der Waals surface area contributed by atoms with E-state index in [9.17, 15) is 0 Å². The van der Waals surface area contributed by atoms with Gasteiger partial charge in [-0.3, -0.25) is 0 Å². The van der Waals surface area contributed by atoms with E-state index >= 15 is 0 Å². The highest BCUT2D eigenvalue weighted by atomic mass is 14.9. The van der Waals surface area contributed by atoms with Crippen LogP contribution in [0.5, 0.6) is 0 Å². The third-order valence-corrected chi connectivity index (χ3v) is 2.49. The lowest BCUT2D eigenvalue weighted by Gasteiger charge is -2.19. The number of hydrogen-bond donors (Lipinski definition) is 1. The van der Waals surface area contributed by atoms with Crippen LogP contribution in [-0.4, -0.2) is 12.6 Å². The molecule has 0 heterocycles. The topological polar surface area (TPSA) is 35.8 Å². The monoisotopic (exact) mass is 166 g/mol. The molecule has 68 valence electrons. The van der Waals surface area contributed by atoms with E-state index in [1.807, 2.05) is 13.8 Å². The molecule has 1 aliphatic carbocycles. The zero-order valence-corrected chi connectivity index (χ0v) is 8.06. The van der Waals surface area contributed by atoms with Gasteiger partial charge in [0, 0.05) is 12.6 Å². The SMILES string of the molecule is CC(C)(C#N)CNC1CCCC1. The van der Waals surface area contributed by atoms with Gasteiger partial charge < -0.3 is 5.32 Å². The first kappa shape index (κ1) is 9.54. The lowest BCUT2D eigenvalue weighted by atomic mass is 9.95. The molecule has 0 radical (unpaired) electrons. The zero-order valence-electron chi connectivity index (χ0n) is 8.06. The predicted octanol–water partition coefficient (Wildman–Crippen LogP) is 2.07. The summed E-state index contributed by atoms with van der Waals surface area (Å²) in [6.45, 7) is 4.79. The average Bonchev–Trinajstić information content (AvgIpc) is 2.53. The molecule has 1 rings (SSSR count). The Bertz CT molecular complexity index is 173. The number of rotatable bonds is 3. The summed E-state index contributed by atoms with van der Waals surface area (Å²) in [7, 11) is 0. The molecule has 1 aliphatic rings. The molecule has 1 fully saturated rings. The molecule has 0 unspecified atom stereocenters. The van der Waals surface area contributed by atoms with Crippen LogP contribution >= 0.6 is 0 Å². The fraction of sp³-hybridized carbons (Fsp3) is 0.900. The highest BCUT2D eigenvalue weighted by Crippen LogP contribution is 2.19. The van der Waals surface area contributed by atoms with Crippen molar-refractivity contribution in [2.75, 3.05) is 6.54 Å². The van der Waals surface area contributed by atoms with Crippen LogP contribution in [0.25, 0.3) is 0 Å². The van der Waals surface area contributed by atoms with Gasteiger partial charge in [0.25, 0.3) is 0 Å². The van der Waals surface area contributed by atoms with Gasteiger partial charge in [-0.15, -0.1) is 0 Å². The lowest BCUT2D eigenvalue weighted by molar-refractivity contribution is 0.401. The fourth-order valence-electron chi connectivity index (χ4n) is 1.57. The third kappa shape index (κ3) is 2.83. The van der Waals surface area contributed by atoms with Crippen molar-refractivity contribution in [2.45, 2.75) is 45.6 Å². The van der Waals surface area contributed by atoms with Gasteiger partial charge in [-0.25, -0.2) is 0 Å². The van der Waals surface area contributed by atoms with Crippen molar-refractivity contribution >= 4 is 0 Å². The summed E-state index contributed by atoms with van der Waals surface area (Å²) in [5, 5.41) is 12.2. The molecule has 0 aromatic heterocycles. The molecule has 0 aromatic rings. The van der Waals surface area contributed by atoms with Gasteiger partial charge in [0.15, 0.2) is 0 Å². The molecule has 2 nitrogen and oxygen atoms in total. The number of nitrogens with zero attached hydrogens (tertiary/aromatic N) is 1. The normalized spacial score (nSPS) is 19.4. The molecule has 0 bridgehead atoms. The smallest absolute Gasteiger partial charge is 0.0697 e. The van der Waals surface area contributed by atoms with Crippen LogP contribution in [0, 0.1) is 16.7 Å². The van der Waals surface area contributed by atoms with Gasteiger partial charge in [0.05, 0.1) is 11.5 Å². The fourth-order valence-corrected chi connectivity index (χ4v) is 1.57. The Morgan fingerprint density at radius 3 is 2.50 bits per heavy atom. The quantitative estimate of drug-likeness (QED) is 0.696. The summed E-state index contributed by atoms with van der Waals surface area (Å²) in [4.78, 5) is 0. The highest BCUT2D eigenvalue weighted by Gasteiger charge is 2.20. The van der Waals surface area contributed by atoms with Crippen molar-refractivity contribution in [1.29, 1.82) is 5.26 Å². The Kier molecular flexibility index (Phi) is 3.11. The standard InChI is InChI=1S/C10H18N2/c1-10(2,7-11)8-12-9-5-3-4-6-9/h9,12H,3-6,8H2,1-2H3. The summed E-state index contributed by atoms with van der Waals surface area (Å²) >= 11 is 0.